The van der Waals surface area contributed by atoms with Crippen LogP contribution in [0.1, 0.15) is 27.6 Å². The molecule has 0 aromatic carbocycles. The summed E-state index contributed by atoms with van der Waals surface area (Å²) < 4.78 is 0. The van der Waals surface area contributed by atoms with E-state index in [0.29, 0.717) is 17.9 Å². The van der Waals surface area contributed by atoms with Crippen molar-refractivity contribution in [1.29, 1.82) is 0 Å². The highest BCUT2D eigenvalue weighted by molar-refractivity contribution is 5.85. The van der Waals surface area contributed by atoms with E-state index in [1.54, 1.807) is 19.3 Å². The fourth-order valence-corrected chi connectivity index (χ4v) is 1.50. The van der Waals surface area contributed by atoms with Crippen LogP contribution in [-0.2, 0) is 6.42 Å². The Kier molecular flexibility index (Phi) is 3.09. The smallest absolute Gasteiger partial charge is 0.354 e. The summed E-state index contributed by atoms with van der Waals surface area (Å²) in [6.45, 7) is 1.75. The van der Waals surface area contributed by atoms with E-state index >= 15 is 0 Å². The number of aromatic nitrogens is 3. The minimum Gasteiger partial charge on any atom is -0.477 e. The zero-order valence-corrected chi connectivity index (χ0v) is 9.29. The third-order valence-corrected chi connectivity index (χ3v) is 2.20. The van der Waals surface area contributed by atoms with Gasteiger partial charge in [0, 0.05) is 24.5 Å². The van der Waals surface area contributed by atoms with Crippen molar-refractivity contribution in [1.82, 2.24) is 15.0 Å². The number of pyridine rings is 1. The SMILES string of the molecule is Cc1cc(C(=O)O)nc(Cc2cccnc2)n1. The van der Waals surface area contributed by atoms with E-state index in [0.717, 1.165) is 5.56 Å². The number of carbonyl (C=O) groups is 1. The maximum atomic E-state index is 10.9. The van der Waals surface area contributed by atoms with Crippen LogP contribution in [-0.4, -0.2) is 26.0 Å². The van der Waals surface area contributed by atoms with Crippen molar-refractivity contribution in [2.24, 2.45) is 0 Å². The van der Waals surface area contributed by atoms with Crippen molar-refractivity contribution in [3.63, 3.8) is 0 Å². The largest absolute Gasteiger partial charge is 0.477 e. The summed E-state index contributed by atoms with van der Waals surface area (Å²) in [5.41, 5.74) is 1.63. The highest BCUT2D eigenvalue weighted by Crippen LogP contribution is 2.06. The molecule has 0 radical (unpaired) electrons. The van der Waals surface area contributed by atoms with E-state index < -0.39 is 5.97 Å². The standard InChI is InChI=1S/C12H11N3O2/c1-8-5-10(12(16)17)15-11(14-8)6-9-3-2-4-13-7-9/h2-5,7H,6H2,1H3,(H,16,17). The predicted octanol–water partition coefficient (Wildman–Crippen LogP) is 1.47. The Morgan fingerprint density at radius 3 is 2.88 bits per heavy atom. The van der Waals surface area contributed by atoms with Crippen LogP contribution in [0.3, 0.4) is 0 Å². The molecule has 0 amide bonds. The van der Waals surface area contributed by atoms with E-state index in [2.05, 4.69) is 15.0 Å². The lowest BCUT2D eigenvalue weighted by Gasteiger charge is -2.03. The number of carboxylic acid groups (broad SMARTS) is 1. The van der Waals surface area contributed by atoms with Crippen LogP contribution < -0.4 is 0 Å². The Hall–Kier alpha value is -2.30. The molecular formula is C12H11N3O2. The average Bonchev–Trinajstić information content (AvgIpc) is 2.29. The first-order valence-electron chi connectivity index (χ1n) is 5.12. The zero-order chi connectivity index (χ0) is 12.3. The molecule has 5 nitrogen and oxygen atoms in total. The molecule has 0 fully saturated rings. The first-order chi connectivity index (χ1) is 8.15. The minimum atomic E-state index is -1.04. The number of nitrogens with zero attached hydrogens (tertiary/aromatic N) is 3. The Morgan fingerprint density at radius 2 is 2.24 bits per heavy atom. The number of aryl methyl sites for hydroxylation is 1. The van der Waals surface area contributed by atoms with E-state index in [1.165, 1.54) is 6.07 Å². The highest BCUT2D eigenvalue weighted by Gasteiger charge is 2.08. The van der Waals surface area contributed by atoms with Gasteiger partial charge in [0.1, 0.15) is 5.82 Å². The summed E-state index contributed by atoms with van der Waals surface area (Å²) in [4.78, 5) is 23.0. The third-order valence-electron chi connectivity index (χ3n) is 2.20. The van der Waals surface area contributed by atoms with Gasteiger partial charge in [-0.2, -0.15) is 0 Å². The van der Waals surface area contributed by atoms with Crippen molar-refractivity contribution >= 4 is 5.97 Å². The highest BCUT2D eigenvalue weighted by atomic mass is 16.4. The van der Waals surface area contributed by atoms with Crippen LogP contribution in [0.25, 0.3) is 0 Å². The minimum absolute atomic E-state index is 0.0244. The second-order valence-electron chi connectivity index (χ2n) is 3.65. The molecule has 0 saturated heterocycles. The van der Waals surface area contributed by atoms with Crippen LogP contribution in [0.4, 0.5) is 0 Å². The molecule has 2 heterocycles. The first kappa shape index (κ1) is 11.2. The van der Waals surface area contributed by atoms with Crippen molar-refractivity contribution in [3.8, 4) is 0 Å². The van der Waals surface area contributed by atoms with Crippen LogP contribution in [0, 0.1) is 6.92 Å². The Labute approximate surface area is 98.2 Å². The summed E-state index contributed by atoms with van der Waals surface area (Å²) in [6.07, 6.45) is 3.88. The van der Waals surface area contributed by atoms with Gasteiger partial charge in [-0.3, -0.25) is 4.98 Å². The lowest BCUT2D eigenvalue weighted by molar-refractivity contribution is 0.0689. The first-order valence-corrected chi connectivity index (χ1v) is 5.12. The monoisotopic (exact) mass is 229 g/mol. The summed E-state index contributed by atoms with van der Waals surface area (Å²) >= 11 is 0. The molecule has 0 aliphatic rings. The lowest BCUT2D eigenvalue weighted by atomic mass is 10.2. The van der Waals surface area contributed by atoms with Crippen molar-refractivity contribution in [3.05, 3.63) is 53.4 Å². The average molecular weight is 229 g/mol. The molecule has 0 aliphatic carbocycles. The fourth-order valence-electron chi connectivity index (χ4n) is 1.50. The van der Waals surface area contributed by atoms with Gasteiger partial charge in [-0.1, -0.05) is 6.07 Å². The number of aromatic carboxylic acids is 1. The molecule has 0 spiro atoms. The fraction of sp³-hybridized carbons (Fsp3) is 0.167. The number of hydrogen-bond donors (Lipinski definition) is 1. The molecule has 1 N–H and O–H groups in total. The van der Waals surface area contributed by atoms with Gasteiger partial charge in [0.15, 0.2) is 5.69 Å². The second kappa shape index (κ2) is 4.69. The van der Waals surface area contributed by atoms with E-state index in [-0.39, 0.29) is 5.69 Å². The van der Waals surface area contributed by atoms with Crippen LogP contribution in [0.15, 0.2) is 30.6 Å². The molecule has 0 atom stereocenters. The maximum absolute atomic E-state index is 10.9. The quantitative estimate of drug-likeness (QED) is 0.862. The van der Waals surface area contributed by atoms with Gasteiger partial charge in [-0.15, -0.1) is 0 Å². The van der Waals surface area contributed by atoms with Gasteiger partial charge in [0.2, 0.25) is 0 Å². The molecule has 5 heteroatoms. The summed E-state index contributed by atoms with van der Waals surface area (Å²) in [7, 11) is 0. The third kappa shape index (κ3) is 2.84. The van der Waals surface area contributed by atoms with Crippen molar-refractivity contribution < 1.29 is 9.90 Å². The van der Waals surface area contributed by atoms with Gasteiger partial charge >= 0.3 is 5.97 Å². The molecule has 0 aliphatic heterocycles. The topological polar surface area (TPSA) is 76.0 Å². The maximum Gasteiger partial charge on any atom is 0.354 e. The van der Waals surface area contributed by atoms with Crippen LogP contribution in [0.2, 0.25) is 0 Å². The molecule has 86 valence electrons. The summed E-state index contributed by atoms with van der Waals surface area (Å²) in [5.74, 6) is -0.543. The predicted molar refractivity (Wildman–Crippen MR) is 60.8 cm³/mol. The molecular weight excluding hydrogens is 218 g/mol. The Morgan fingerprint density at radius 1 is 1.41 bits per heavy atom. The van der Waals surface area contributed by atoms with Gasteiger partial charge in [-0.25, -0.2) is 14.8 Å². The van der Waals surface area contributed by atoms with Crippen molar-refractivity contribution in [2.75, 3.05) is 0 Å². The van der Waals surface area contributed by atoms with Gasteiger partial charge in [0.05, 0.1) is 0 Å². The summed E-state index contributed by atoms with van der Waals surface area (Å²) in [5, 5.41) is 8.90. The van der Waals surface area contributed by atoms with E-state index in [1.807, 2.05) is 12.1 Å². The van der Waals surface area contributed by atoms with Crippen molar-refractivity contribution in [2.45, 2.75) is 13.3 Å². The van der Waals surface area contributed by atoms with Gasteiger partial charge in [-0.05, 0) is 24.6 Å². The van der Waals surface area contributed by atoms with Gasteiger partial charge < -0.3 is 5.11 Å². The normalized spacial score (nSPS) is 10.2. The zero-order valence-electron chi connectivity index (χ0n) is 9.29. The molecule has 2 rings (SSSR count). The Balaban J connectivity index is 2.30. The van der Waals surface area contributed by atoms with Crippen LogP contribution >= 0.6 is 0 Å². The number of carboxylic acids is 1. The van der Waals surface area contributed by atoms with Gasteiger partial charge in [0.25, 0.3) is 0 Å². The number of rotatable bonds is 3. The molecule has 2 aromatic heterocycles. The van der Waals surface area contributed by atoms with E-state index in [4.69, 9.17) is 5.11 Å². The van der Waals surface area contributed by atoms with Crippen LogP contribution in [0.5, 0.6) is 0 Å². The lowest BCUT2D eigenvalue weighted by Crippen LogP contribution is -2.07. The molecule has 0 bridgehead atoms. The van der Waals surface area contributed by atoms with E-state index in [9.17, 15) is 4.79 Å². The molecule has 2 aromatic rings. The molecule has 17 heavy (non-hydrogen) atoms. The Bertz CT molecular complexity index is 541. The summed E-state index contributed by atoms with van der Waals surface area (Å²) in [6, 6.07) is 5.18. The second-order valence-corrected chi connectivity index (χ2v) is 3.65. The molecule has 0 saturated carbocycles. The number of hydrogen-bond acceptors (Lipinski definition) is 4. The molecule has 0 unspecified atom stereocenters.